The fourth-order valence-electron chi connectivity index (χ4n) is 0.846. The second-order valence-corrected chi connectivity index (χ2v) is 5.33. The molecule has 0 spiro atoms. The Morgan fingerprint density at radius 3 is 2.29 bits per heavy atom. The summed E-state index contributed by atoms with van der Waals surface area (Å²) in [4.78, 5) is 10.4. The van der Waals surface area contributed by atoms with E-state index < -0.39 is 27.2 Å². The Morgan fingerprint density at radius 1 is 1.43 bits per heavy atom. The molecule has 0 saturated heterocycles. The van der Waals surface area contributed by atoms with Crippen molar-refractivity contribution >= 4 is 15.8 Å². The number of carboxylic acids is 1. The molecule has 0 aliphatic heterocycles. The van der Waals surface area contributed by atoms with Crippen LogP contribution in [0.15, 0.2) is 0 Å². The first kappa shape index (κ1) is 13.3. The summed E-state index contributed by atoms with van der Waals surface area (Å²) in [6.07, 6.45) is 1.16. The summed E-state index contributed by atoms with van der Waals surface area (Å²) >= 11 is 0. The summed E-state index contributed by atoms with van der Waals surface area (Å²) in [5.41, 5.74) is 10.4. The van der Waals surface area contributed by atoms with Crippen LogP contribution >= 0.6 is 0 Å². The van der Waals surface area contributed by atoms with Crippen molar-refractivity contribution in [3.63, 3.8) is 0 Å². The minimum absolute atomic E-state index is 0.119. The topological polar surface area (TPSA) is 123 Å². The smallest absolute Gasteiger partial charge is 0.323 e. The quantitative estimate of drug-likeness (QED) is 0.526. The number of hydrogen-bond acceptors (Lipinski definition) is 5. The number of carboxylic acid groups (broad SMARTS) is 1. The molecule has 0 saturated carbocycles. The Kier molecular flexibility index (Phi) is 5.03. The molecule has 0 aliphatic carbocycles. The Hall–Kier alpha value is -0.660. The third-order valence-electron chi connectivity index (χ3n) is 1.84. The van der Waals surface area contributed by atoms with Gasteiger partial charge in [-0.2, -0.15) is 0 Å². The lowest BCUT2D eigenvalue weighted by Crippen LogP contribution is -2.52. The van der Waals surface area contributed by atoms with Crippen molar-refractivity contribution in [3.05, 3.63) is 0 Å². The zero-order valence-electron chi connectivity index (χ0n) is 8.01. The highest BCUT2D eigenvalue weighted by molar-refractivity contribution is 7.92. The Balaban J connectivity index is 4.50. The van der Waals surface area contributed by atoms with E-state index in [2.05, 4.69) is 0 Å². The van der Waals surface area contributed by atoms with Crippen LogP contribution in [0.5, 0.6) is 0 Å². The highest BCUT2D eigenvalue weighted by atomic mass is 32.2. The van der Waals surface area contributed by atoms with Crippen LogP contribution in [0, 0.1) is 0 Å². The van der Waals surface area contributed by atoms with E-state index in [1.807, 2.05) is 6.92 Å². The number of unbranched alkanes of at least 4 members (excludes halogenated alkanes) is 1. The van der Waals surface area contributed by atoms with Crippen molar-refractivity contribution < 1.29 is 18.3 Å². The Bertz CT molecular complexity index is 288. The van der Waals surface area contributed by atoms with Crippen molar-refractivity contribution in [2.75, 3.05) is 5.75 Å². The van der Waals surface area contributed by atoms with Gasteiger partial charge in [-0.1, -0.05) is 13.3 Å². The molecule has 1 unspecified atom stereocenters. The average Bonchev–Trinajstić information content (AvgIpc) is 2.12. The predicted molar refractivity (Wildman–Crippen MR) is 52.3 cm³/mol. The average molecular weight is 224 g/mol. The fraction of sp³-hybridized carbons (Fsp3) is 0.857. The molecule has 0 heterocycles. The molecule has 14 heavy (non-hydrogen) atoms. The molecular formula is C7H16N2O4S. The summed E-state index contributed by atoms with van der Waals surface area (Å²) in [5.74, 6) is -1.52. The standard InChI is InChI=1S/C7H16N2O4S/c1-2-3-4-14(12,13)6(9)5(8)7(10)11/h5-6H,2-4,8-9H2,1H3,(H,10,11)/t5?,6-/m0/s1. The molecule has 6 nitrogen and oxygen atoms in total. The van der Waals surface area contributed by atoms with Crippen LogP contribution < -0.4 is 11.5 Å². The molecule has 2 atom stereocenters. The van der Waals surface area contributed by atoms with E-state index in [0.717, 1.165) is 0 Å². The largest absolute Gasteiger partial charge is 0.480 e. The maximum atomic E-state index is 11.4. The van der Waals surface area contributed by atoms with E-state index in [1.54, 1.807) is 0 Å². The molecule has 0 aromatic rings. The number of sulfone groups is 1. The van der Waals surface area contributed by atoms with Gasteiger partial charge >= 0.3 is 5.97 Å². The third kappa shape index (κ3) is 3.60. The van der Waals surface area contributed by atoms with Crippen molar-refractivity contribution in [2.24, 2.45) is 11.5 Å². The molecule has 0 amide bonds. The molecule has 0 aliphatic rings. The van der Waals surface area contributed by atoms with Crippen molar-refractivity contribution in [3.8, 4) is 0 Å². The normalized spacial score (nSPS) is 16.2. The van der Waals surface area contributed by atoms with Gasteiger partial charge in [0.15, 0.2) is 9.84 Å². The van der Waals surface area contributed by atoms with E-state index >= 15 is 0 Å². The third-order valence-corrected chi connectivity index (χ3v) is 3.82. The predicted octanol–water partition coefficient (Wildman–Crippen LogP) is -1.10. The minimum atomic E-state index is -3.59. The van der Waals surface area contributed by atoms with Crippen LogP contribution in [-0.2, 0) is 14.6 Å². The lowest BCUT2D eigenvalue weighted by Gasteiger charge is -2.16. The van der Waals surface area contributed by atoms with Gasteiger partial charge in [0.25, 0.3) is 0 Å². The lowest BCUT2D eigenvalue weighted by molar-refractivity contribution is -0.138. The highest BCUT2D eigenvalue weighted by Gasteiger charge is 2.31. The molecule has 0 radical (unpaired) electrons. The van der Waals surface area contributed by atoms with E-state index in [9.17, 15) is 13.2 Å². The molecular weight excluding hydrogens is 208 g/mol. The van der Waals surface area contributed by atoms with Gasteiger partial charge in [-0.3, -0.25) is 4.79 Å². The number of rotatable bonds is 6. The maximum Gasteiger partial charge on any atom is 0.323 e. The zero-order chi connectivity index (χ0) is 11.4. The minimum Gasteiger partial charge on any atom is -0.480 e. The number of carbonyl (C=O) groups is 1. The van der Waals surface area contributed by atoms with Gasteiger partial charge in [0, 0.05) is 0 Å². The van der Waals surface area contributed by atoms with Crippen molar-refractivity contribution in [2.45, 2.75) is 31.2 Å². The molecule has 0 bridgehead atoms. The fourth-order valence-corrected chi connectivity index (χ4v) is 2.37. The van der Waals surface area contributed by atoms with Gasteiger partial charge in [-0.25, -0.2) is 8.42 Å². The van der Waals surface area contributed by atoms with E-state index in [1.165, 1.54) is 0 Å². The van der Waals surface area contributed by atoms with Crippen LogP contribution in [0.3, 0.4) is 0 Å². The zero-order valence-corrected chi connectivity index (χ0v) is 8.83. The van der Waals surface area contributed by atoms with Crippen molar-refractivity contribution in [1.29, 1.82) is 0 Å². The van der Waals surface area contributed by atoms with Crippen LogP contribution in [0.4, 0.5) is 0 Å². The second-order valence-electron chi connectivity index (χ2n) is 3.05. The van der Waals surface area contributed by atoms with Crippen LogP contribution in [0.2, 0.25) is 0 Å². The van der Waals surface area contributed by atoms with Crippen LogP contribution in [0.25, 0.3) is 0 Å². The Labute approximate surface area is 83.2 Å². The Morgan fingerprint density at radius 2 is 1.93 bits per heavy atom. The van der Waals surface area contributed by atoms with Gasteiger partial charge in [-0.15, -0.1) is 0 Å². The molecule has 0 aromatic carbocycles. The van der Waals surface area contributed by atoms with Crippen LogP contribution in [0.1, 0.15) is 19.8 Å². The van der Waals surface area contributed by atoms with Crippen LogP contribution in [-0.4, -0.2) is 36.7 Å². The SMILES string of the molecule is CCCCS(=O)(=O)[C@H](N)C(N)C(=O)O. The number of nitrogens with two attached hydrogens (primary N) is 2. The number of aliphatic carboxylic acids is 1. The van der Waals surface area contributed by atoms with E-state index in [-0.39, 0.29) is 5.75 Å². The molecule has 84 valence electrons. The van der Waals surface area contributed by atoms with Gasteiger partial charge in [0.2, 0.25) is 0 Å². The number of hydrogen-bond donors (Lipinski definition) is 3. The van der Waals surface area contributed by atoms with Gasteiger partial charge in [-0.05, 0) is 6.42 Å². The molecule has 0 rings (SSSR count). The second kappa shape index (κ2) is 5.28. The summed E-state index contributed by atoms with van der Waals surface area (Å²) in [5, 5.41) is 6.95. The van der Waals surface area contributed by atoms with Gasteiger partial charge < -0.3 is 16.6 Å². The summed E-state index contributed by atoms with van der Waals surface area (Å²) in [7, 11) is -3.59. The highest BCUT2D eigenvalue weighted by Crippen LogP contribution is 2.04. The molecule has 7 heteroatoms. The van der Waals surface area contributed by atoms with Gasteiger partial charge in [0.05, 0.1) is 5.75 Å². The summed E-state index contributed by atoms with van der Waals surface area (Å²) in [6.45, 7) is 1.83. The maximum absolute atomic E-state index is 11.4. The van der Waals surface area contributed by atoms with Gasteiger partial charge in [0.1, 0.15) is 11.4 Å². The summed E-state index contributed by atoms with van der Waals surface area (Å²) < 4.78 is 22.7. The monoisotopic (exact) mass is 224 g/mol. The van der Waals surface area contributed by atoms with Crippen molar-refractivity contribution in [1.82, 2.24) is 0 Å². The van der Waals surface area contributed by atoms with E-state index in [4.69, 9.17) is 16.6 Å². The first-order valence-corrected chi connectivity index (χ1v) is 6.00. The first-order chi connectivity index (χ1) is 6.33. The van der Waals surface area contributed by atoms with E-state index in [0.29, 0.717) is 12.8 Å². The first-order valence-electron chi connectivity index (χ1n) is 4.28. The summed E-state index contributed by atoms with van der Waals surface area (Å²) in [6, 6.07) is -1.56. The molecule has 5 N–H and O–H groups in total. The molecule has 0 fully saturated rings. The molecule has 0 aromatic heterocycles. The lowest BCUT2D eigenvalue weighted by atomic mass is 10.3.